The SMILES string of the molecule is COc1ccc2c3c([nH]c2c1)[C@H](C=C(C)C)N1C(=O)[C@@H]2CCCN2C(=O)[C@H]1C3. The van der Waals surface area contributed by atoms with Crippen molar-refractivity contribution >= 4 is 22.7 Å². The molecule has 5 rings (SSSR count). The maximum atomic E-state index is 13.4. The third-order valence-electron chi connectivity index (χ3n) is 6.33. The summed E-state index contributed by atoms with van der Waals surface area (Å²) in [6.07, 6.45) is 4.34. The molecule has 1 aromatic heterocycles. The van der Waals surface area contributed by atoms with Gasteiger partial charge in [-0.1, -0.05) is 11.6 Å². The predicted octanol–water partition coefficient (Wildman–Crippen LogP) is 2.94. The summed E-state index contributed by atoms with van der Waals surface area (Å²) in [4.78, 5) is 33.8. The minimum atomic E-state index is -0.420. The van der Waals surface area contributed by atoms with Gasteiger partial charge in [-0.3, -0.25) is 9.59 Å². The molecule has 6 heteroatoms. The normalized spacial score (nSPS) is 26.2. The molecule has 0 radical (unpaired) electrons. The van der Waals surface area contributed by atoms with Gasteiger partial charge in [0.25, 0.3) is 0 Å². The second kappa shape index (κ2) is 6.12. The highest BCUT2D eigenvalue weighted by Crippen LogP contribution is 2.43. The fourth-order valence-corrected chi connectivity index (χ4v) is 5.11. The van der Waals surface area contributed by atoms with Gasteiger partial charge in [0, 0.05) is 35.6 Å². The van der Waals surface area contributed by atoms with Crippen molar-refractivity contribution in [3.8, 4) is 5.75 Å². The lowest BCUT2D eigenvalue weighted by Gasteiger charge is -2.47. The lowest BCUT2D eigenvalue weighted by molar-refractivity contribution is -0.162. The van der Waals surface area contributed by atoms with E-state index in [0.29, 0.717) is 13.0 Å². The minimum Gasteiger partial charge on any atom is -0.497 e. The Bertz CT molecular complexity index is 1020. The van der Waals surface area contributed by atoms with Crippen molar-refractivity contribution in [3.05, 3.63) is 41.1 Å². The zero-order valence-electron chi connectivity index (χ0n) is 16.5. The summed E-state index contributed by atoms with van der Waals surface area (Å²) in [5.41, 5.74) is 4.27. The number of ether oxygens (including phenoxy) is 1. The predicted molar refractivity (Wildman–Crippen MR) is 106 cm³/mol. The Hall–Kier alpha value is -2.76. The number of hydrogen-bond acceptors (Lipinski definition) is 3. The molecule has 2 amide bonds. The van der Waals surface area contributed by atoms with Gasteiger partial charge in [-0.15, -0.1) is 0 Å². The van der Waals surface area contributed by atoms with E-state index in [1.54, 1.807) is 7.11 Å². The summed E-state index contributed by atoms with van der Waals surface area (Å²) in [6.45, 7) is 4.77. The van der Waals surface area contributed by atoms with E-state index < -0.39 is 6.04 Å². The quantitative estimate of drug-likeness (QED) is 0.816. The molecule has 2 saturated heterocycles. The largest absolute Gasteiger partial charge is 0.497 e. The number of fused-ring (bicyclic) bond motifs is 5. The molecule has 1 N–H and O–H groups in total. The molecule has 3 atom stereocenters. The molecular weight excluding hydrogens is 354 g/mol. The van der Waals surface area contributed by atoms with Crippen molar-refractivity contribution in [2.45, 2.75) is 51.2 Å². The van der Waals surface area contributed by atoms with Crippen molar-refractivity contribution in [1.82, 2.24) is 14.8 Å². The van der Waals surface area contributed by atoms with Gasteiger partial charge in [0.1, 0.15) is 17.8 Å². The molecule has 0 bridgehead atoms. The van der Waals surface area contributed by atoms with Crippen molar-refractivity contribution < 1.29 is 14.3 Å². The first-order chi connectivity index (χ1) is 13.5. The van der Waals surface area contributed by atoms with E-state index in [4.69, 9.17) is 4.74 Å². The van der Waals surface area contributed by atoms with E-state index >= 15 is 0 Å². The zero-order valence-corrected chi connectivity index (χ0v) is 16.5. The number of nitrogens with zero attached hydrogens (tertiary/aromatic N) is 2. The van der Waals surface area contributed by atoms with Crippen LogP contribution in [0.3, 0.4) is 0 Å². The van der Waals surface area contributed by atoms with Gasteiger partial charge >= 0.3 is 0 Å². The van der Waals surface area contributed by atoms with Crippen molar-refractivity contribution in [2.24, 2.45) is 0 Å². The molecule has 146 valence electrons. The Morgan fingerprint density at radius 1 is 1.21 bits per heavy atom. The lowest BCUT2D eigenvalue weighted by Crippen LogP contribution is -2.65. The Morgan fingerprint density at radius 2 is 2.04 bits per heavy atom. The third-order valence-corrected chi connectivity index (χ3v) is 6.33. The van der Waals surface area contributed by atoms with E-state index in [1.165, 1.54) is 0 Å². The number of nitrogens with one attached hydrogen (secondary N) is 1. The molecule has 4 heterocycles. The maximum Gasteiger partial charge on any atom is 0.246 e. The van der Waals surface area contributed by atoms with Gasteiger partial charge in [0.05, 0.1) is 13.2 Å². The van der Waals surface area contributed by atoms with Crippen LogP contribution in [0.4, 0.5) is 0 Å². The number of hydrogen-bond donors (Lipinski definition) is 1. The topological polar surface area (TPSA) is 65.6 Å². The molecule has 28 heavy (non-hydrogen) atoms. The molecule has 0 saturated carbocycles. The highest BCUT2D eigenvalue weighted by atomic mass is 16.5. The van der Waals surface area contributed by atoms with Crippen molar-refractivity contribution in [3.63, 3.8) is 0 Å². The van der Waals surface area contributed by atoms with Crippen LogP contribution >= 0.6 is 0 Å². The number of carbonyl (C=O) groups is 2. The zero-order chi connectivity index (χ0) is 19.6. The van der Waals surface area contributed by atoms with Crippen LogP contribution in [-0.2, 0) is 16.0 Å². The van der Waals surface area contributed by atoms with E-state index in [2.05, 4.69) is 11.1 Å². The first-order valence-corrected chi connectivity index (χ1v) is 9.95. The molecule has 0 aliphatic carbocycles. The summed E-state index contributed by atoms with van der Waals surface area (Å²) < 4.78 is 5.37. The second-order valence-electron chi connectivity index (χ2n) is 8.27. The Kier molecular flexibility index (Phi) is 3.79. The van der Waals surface area contributed by atoms with Crippen LogP contribution in [0.2, 0.25) is 0 Å². The van der Waals surface area contributed by atoms with Crippen LogP contribution in [0.5, 0.6) is 5.75 Å². The number of rotatable bonds is 2. The first-order valence-electron chi connectivity index (χ1n) is 9.95. The van der Waals surface area contributed by atoms with Crippen LogP contribution in [0.15, 0.2) is 29.8 Å². The van der Waals surface area contributed by atoms with E-state index in [0.717, 1.165) is 46.3 Å². The summed E-state index contributed by atoms with van der Waals surface area (Å²) in [6, 6.07) is 5.03. The number of H-pyrrole nitrogens is 1. The number of allylic oxidation sites excluding steroid dienone is 1. The molecule has 0 unspecified atom stereocenters. The van der Waals surface area contributed by atoms with E-state index in [-0.39, 0.29) is 23.9 Å². The number of benzene rings is 1. The van der Waals surface area contributed by atoms with Crippen LogP contribution in [0.1, 0.15) is 44.0 Å². The number of methoxy groups -OCH3 is 1. The molecule has 3 aliphatic heterocycles. The van der Waals surface area contributed by atoms with Crippen LogP contribution in [-0.4, -0.2) is 52.3 Å². The molecule has 2 fully saturated rings. The molecular formula is C22H25N3O3. The maximum absolute atomic E-state index is 13.4. The Labute approximate surface area is 164 Å². The van der Waals surface area contributed by atoms with Crippen LogP contribution in [0.25, 0.3) is 10.9 Å². The van der Waals surface area contributed by atoms with Crippen molar-refractivity contribution in [2.75, 3.05) is 13.7 Å². The number of piperazine rings is 1. The molecule has 6 nitrogen and oxygen atoms in total. The highest BCUT2D eigenvalue weighted by Gasteiger charge is 2.52. The van der Waals surface area contributed by atoms with Gasteiger partial charge in [0.2, 0.25) is 11.8 Å². The Morgan fingerprint density at radius 3 is 2.79 bits per heavy atom. The number of carbonyl (C=O) groups excluding carboxylic acids is 2. The third kappa shape index (κ3) is 2.33. The monoisotopic (exact) mass is 379 g/mol. The number of amides is 2. The fourth-order valence-electron chi connectivity index (χ4n) is 5.11. The smallest absolute Gasteiger partial charge is 0.246 e. The lowest BCUT2D eigenvalue weighted by atomic mass is 9.87. The van der Waals surface area contributed by atoms with Gasteiger partial charge in [-0.25, -0.2) is 0 Å². The number of aromatic nitrogens is 1. The molecule has 1 aromatic carbocycles. The molecule has 2 aromatic rings. The molecule has 3 aliphatic rings. The minimum absolute atomic E-state index is 0.0893. The Balaban J connectivity index is 1.70. The van der Waals surface area contributed by atoms with Gasteiger partial charge in [0.15, 0.2) is 0 Å². The average molecular weight is 379 g/mol. The van der Waals surface area contributed by atoms with Crippen LogP contribution < -0.4 is 4.74 Å². The van der Waals surface area contributed by atoms with Gasteiger partial charge in [-0.05, 0) is 44.4 Å². The highest BCUT2D eigenvalue weighted by molar-refractivity contribution is 5.99. The van der Waals surface area contributed by atoms with Gasteiger partial charge < -0.3 is 19.5 Å². The summed E-state index contributed by atoms with van der Waals surface area (Å²) in [5, 5.41) is 1.10. The standard InChI is InChI=1S/C22H25N3O3/c1-12(2)9-18-20-15(14-7-6-13(28-3)10-16(14)23-20)11-19-21(26)24-8-4-5-17(24)22(27)25(18)19/h6-7,9-10,17-19,23H,4-5,8,11H2,1-3H3/t17-,18-,19+/m0/s1. The van der Waals surface area contributed by atoms with Gasteiger partial charge in [-0.2, -0.15) is 0 Å². The summed E-state index contributed by atoms with van der Waals surface area (Å²) in [7, 11) is 1.65. The molecule has 0 spiro atoms. The van der Waals surface area contributed by atoms with Crippen LogP contribution in [0, 0.1) is 0 Å². The van der Waals surface area contributed by atoms with E-state index in [1.807, 2.05) is 41.8 Å². The van der Waals surface area contributed by atoms with Crippen molar-refractivity contribution in [1.29, 1.82) is 0 Å². The summed E-state index contributed by atoms with van der Waals surface area (Å²) >= 11 is 0. The van der Waals surface area contributed by atoms with E-state index in [9.17, 15) is 9.59 Å². The first kappa shape index (κ1) is 17.3. The number of aromatic amines is 1. The average Bonchev–Trinajstić information content (AvgIpc) is 3.30. The second-order valence-corrected chi connectivity index (χ2v) is 8.27. The fraction of sp³-hybridized carbons (Fsp3) is 0.455. The summed E-state index contributed by atoms with van der Waals surface area (Å²) in [5.74, 6) is 0.977.